The highest BCUT2D eigenvalue weighted by Gasteiger charge is 2.32. The van der Waals surface area contributed by atoms with Crippen LogP contribution in [0.3, 0.4) is 0 Å². The molecule has 1 saturated carbocycles. The van der Waals surface area contributed by atoms with Crippen LogP contribution in [0.1, 0.15) is 24.8 Å². The van der Waals surface area contributed by atoms with Crippen LogP contribution in [0.15, 0.2) is 17.4 Å². The van der Waals surface area contributed by atoms with Gasteiger partial charge in [-0.05, 0) is 18.9 Å². The number of hydrazine groups is 1. The molecule has 3 rings (SSSR count). The predicted octanol–water partition coefficient (Wildman–Crippen LogP) is 1.87. The Balaban J connectivity index is 1.45. The topological polar surface area (TPSA) is 105 Å². The molecule has 12 heteroatoms. The lowest BCUT2D eigenvalue weighted by atomic mass is 10.1. The summed E-state index contributed by atoms with van der Waals surface area (Å²) in [6, 6.07) is 0.768. The maximum Gasteiger partial charge on any atom is 0.417 e. The van der Waals surface area contributed by atoms with Crippen molar-refractivity contribution in [3.63, 3.8) is 0 Å². The Bertz CT molecular complexity index is 782. The third-order valence-electron chi connectivity index (χ3n) is 3.91. The number of hydrogen-bond donors (Lipinski definition) is 3. The normalized spacial score (nSPS) is 19.1. The van der Waals surface area contributed by atoms with Gasteiger partial charge in [-0.1, -0.05) is 16.8 Å². The van der Waals surface area contributed by atoms with Crippen molar-refractivity contribution in [2.24, 2.45) is 11.1 Å². The molecule has 1 aromatic heterocycles. The van der Waals surface area contributed by atoms with Gasteiger partial charge in [0.2, 0.25) is 5.91 Å². The Hall–Kier alpha value is -2.56. The molecule has 1 aliphatic carbocycles. The number of nitrogens with zero attached hydrogens (tertiary/aromatic N) is 2. The van der Waals surface area contributed by atoms with Crippen LogP contribution in [0.25, 0.3) is 0 Å². The minimum absolute atomic E-state index is 0.0509. The second kappa shape index (κ2) is 7.59. The Morgan fingerprint density at radius 3 is 2.67 bits per heavy atom. The molecule has 8 nitrogen and oxygen atoms in total. The molecule has 2 heterocycles. The molecule has 1 fully saturated rings. The van der Waals surface area contributed by atoms with E-state index in [4.69, 9.17) is 16.4 Å². The lowest BCUT2D eigenvalue weighted by Gasteiger charge is -2.13. The summed E-state index contributed by atoms with van der Waals surface area (Å²) in [6.07, 6.45) is -2.64. The summed E-state index contributed by atoms with van der Waals surface area (Å²) in [5.74, 6) is -0.825. The fraction of sp³-hybridized carbons (Fsp3) is 0.467. The Labute approximate surface area is 156 Å². The largest absolute Gasteiger partial charge is 0.417 e. The Morgan fingerprint density at radius 1 is 1.30 bits per heavy atom. The van der Waals surface area contributed by atoms with Crippen LogP contribution in [0.2, 0.25) is 5.02 Å². The third-order valence-corrected chi connectivity index (χ3v) is 4.20. The standard InChI is InChI=1S/C15H15ClF3N5O3/c16-10-3-8(15(17,18)19)5-20-12(10)21-6-9-4-11(24-27-9)14(26)23-22-13(25)7-1-2-7/h3,5,7,9H,1-2,4,6H2,(H,20,21)(H,22,25)(H,23,26). The summed E-state index contributed by atoms with van der Waals surface area (Å²) in [5, 5.41) is 6.21. The van der Waals surface area contributed by atoms with E-state index in [0.29, 0.717) is 6.20 Å². The first kappa shape index (κ1) is 19.2. The lowest BCUT2D eigenvalue weighted by Crippen LogP contribution is -2.45. The van der Waals surface area contributed by atoms with Gasteiger partial charge in [0.15, 0.2) is 6.10 Å². The average molecular weight is 406 g/mol. The number of rotatable bonds is 5. The molecule has 3 N–H and O–H groups in total. The van der Waals surface area contributed by atoms with Gasteiger partial charge >= 0.3 is 6.18 Å². The zero-order valence-electron chi connectivity index (χ0n) is 13.8. The van der Waals surface area contributed by atoms with E-state index in [9.17, 15) is 22.8 Å². The van der Waals surface area contributed by atoms with E-state index in [1.807, 2.05) is 0 Å². The highest BCUT2D eigenvalue weighted by Crippen LogP contribution is 2.32. The molecule has 1 aromatic rings. The van der Waals surface area contributed by atoms with Crippen LogP contribution < -0.4 is 16.2 Å². The summed E-state index contributed by atoms with van der Waals surface area (Å²) in [6.45, 7) is 0.118. The number of anilines is 1. The minimum Gasteiger partial charge on any atom is -0.390 e. The van der Waals surface area contributed by atoms with Gasteiger partial charge in [0.1, 0.15) is 11.5 Å². The number of aromatic nitrogens is 1. The van der Waals surface area contributed by atoms with E-state index < -0.39 is 23.8 Å². The van der Waals surface area contributed by atoms with E-state index in [2.05, 4.69) is 26.3 Å². The summed E-state index contributed by atoms with van der Waals surface area (Å²) < 4.78 is 37.8. The minimum atomic E-state index is -4.53. The second-order valence-electron chi connectivity index (χ2n) is 6.12. The summed E-state index contributed by atoms with van der Waals surface area (Å²) >= 11 is 5.80. The molecular weight excluding hydrogens is 391 g/mol. The number of carbonyl (C=O) groups excluding carboxylic acids is 2. The third kappa shape index (κ3) is 5.00. The molecule has 146 valence electrons. The average Bonchev–Trinajstić information content (AvgIpc) is 3.36. The fourth-order valence-corrected chi connectivity index (χ4v) is 2.48. The summed E-state index contributed by atoms with van der Waals surface area (Å²) in [5.41, 5.74) is 3.70. The van der Waals surface area contributed by atoms with Crippen LogP contribution in [0.5, 0.6) is 0 Å². The predicted molar refractivity (Wildman–Crippen MR) is 88.7 cm³/mol. The fourth-order valence-electron chi connectivity index (χ4n) is 2.24. The molecule has 27 heavy (non-hydrogen) atoms. The van der Waals surface area contributed by atoms with Crippen molar-refractivity contribution >= 4 is 34.9 Å². The molecular formula is C15H15ClF3N5O3. The molecule has 0 spiro atoms. The highest BCUT2D eigenvalue weighted by atomic mass is 35.5. The molecule has 1 aliphatic heterocycles. The highest BCUT2D eigenvalue weighted by molar-refractivity contribution is 6.39. The number of carbonyl (C=O) groups is 2. The van der Waals surface area contributed by atoms with Crippen LogP contribution in [-0.4, -0.2) is 35.2 Å². The molecule has 0 saturated heterocycles. The number of halogens is 4. The van der Waals surface area contributed by atoms with Gasteiger partial charge < -0.3 is 10.2 Å². The van der Waals surface area contributed by atoms with Crippen LogP contribution in [0.4, 0.5) is 19.0 Å². The van der Waals surface area contributed by atoms with Crippen molar-refractivity contribution in [1.29, 1.82) is 0 Å². The number of pyridine rings is 1. The van der Waals surface area contributed by atoms with Crippen molar-refractivity contribution in [3.8, 4) is 0 Å². The van der Waals surface area contributed by atoms with Gasteiger partial charge in [-0.3, -0.25) is 20.4 Å². The van der Waals surface area contributed by atoms with Crippen molar-refractivity contribution in [1.82, 2.24) is 15.8 Å². The van der Waals surface area contributed by atoms with E-state index in [1.54, 1.807) is 0 Å². The van der Waals surface area contributed by atoms with Crippen molar-refractivity contribution in [2.75, 3.05) is 11.9 Å². The summed E-state index contributed by atoms with van der Waals surface area (Å²) in [4.78, 5) is 32.1. The first-order valence-electron chi connectivity index (χ1n) is 8.03. The Morgan fingerprint density at radius 2 is 2.04 bits per heavy atom. The first-order valence-corrected chi connectivity index (χ1v) is 8.41. The van der Waals surface area contributed by atoms with Gasteiger partial charge in [0.05, 0.1) is 17.1 Å². The molecule has 0 bridgehead atoms. The van der Waals surface area contributed by atoms with Crippen molar-refractivity contribution < 1.29 is 27.6 Å². The number of alkyl halides is 3. The molecule has 0 aromatic carbocycles. The second-order valence-corrected chi connectivity index (χ2v) is 6.53. The van der Waals surface area contributed by atoms with E-state index in [-0.39, 0.29) is 41.3 Å². The zero-order chi connectivity index (χ0) is 19.6. The van der Waals surface area contributed by atoms with Gasteiger partial charge in [-0.25, -0.2) is 4.98 Å². The summed E-state index contributed by atoms with van der Waals surface area (Å²) in [7, 11) is 0. The molecule has 1 atom stereocenters. The molecule has 0 radical (unpaired) electrons. The number of hydrogen-bond acceptors (Lipinski definition) is 6. The van der Waals surface area contributed by atoms with Gasteiger partial charge in [-0.2, -0.15) is 13.2 Å². The van der Waals surface area contributed by atoms with Crippen molar-refractivity contribution in [3.05, 3.63) is 22.8 Å². The van der Waals surface area contributed by atoms with E-state index in [1.165, 1.54) is 0 Å². The van der Waals surface area contributed by atoms with Crippen molar-refractivity contribution in [2.45, 2.75) is 31.5 Å². The molecule has 1 unspecified atom stereocenters. The number of oxime groups is 1. The molecule has 2 amide bonds. The number of amides is 2. The zero-order valence-corrected chi connectivity index (χ0v) is 14.5. The maximum absolute atomic E-state index is 12.6. The van der Waals surface area contributed by atoms with Crippen LogP contribution >= 0.6 is 11.6 Å². The van der Waals surface area contributed by atoms with Gasteiger partial charge in [0, 0.05) is 18.5 Å². The first-order chi connectivity index (χ1) is 12.7. The molecule has 2 aliphatic rings. The lowest BCUT2D eigenvalue weighted by molar-refractivity contribution is -0.137. The van der Waals surface area contributed by atoms with Gasteiger partial charge in [0.25, 0.3) is 5.91 Å². The van der Waals surface area contributed by atoms with Crippen LogP contribution in [-0.2, 0) is 20.6 Å². The Kier molecular flexibility index (Phi) is 5.40. The SMILES string of the molecule is O=C(NNC(=O)C1CC1)C1=NOC(CNc2ncc(C(F)(F)F)cc2Cl)C1. The maximum atomic E-state index is 12.6. The quantitative estimate of drug-likeness (QED) is 0.649. The van der Waals surface area contributed by atoms with Crippen LogP contribution in [0, 0.1) is 5.92 Å². The van der Waals surface area contributed by atoms with E-state index in [0.717, 1.165) is 18.9 Å². The smallest absolute Gasteiger partial charge is 0.390 e. The monoisotopic (exact) mass is 405 g/mol. The van der Waals surface area contributed by atoms with E-state index >= 15 is 0 Å². The number of nitrogens with one attached hydrogen (secondary N) is 3. The van der Waals surface area contributed by atoms with Gasteiger partial charge in [-0.15, -0.1) is 0 Å².